The molecule has 0 radical (unpaired) electrons. The average Bonchev–Trinajstić information content (AvgIpc) is 2.95. The number of fused-ring (bicyclic) bond motifs is 3. The first-order valence-corrected chi connectivity index (χ1v) is 12.6. The number of pyridine rings is 1. The highest BCUT2D eigenvalue weighted by Crippen LogP contribution is 2.49. The molecule has 0 saturated carbocycles. The number of methoxy groups -OCH3 is 1. The highest BCUT2D eigenvalue weighted by atomic mass is 32.1. The van der Waals surface area contributed by atoms with Crippen LogP contribution in [0.4, 0.5) is 4.39 Å². The molecule has 2 aliphatic heterocycles. The van der Waals surface area contributed by atoms with Crippen LogP contribution in [0.25, 0.3) is 22.1 Å². The second-order valence-electron chi connectivity index (χ2n) is 9.18. The van der Waals surface area contributed by atoms with Gasteiger partial charge in [0, 0.05) is 22.9 Å². The molecule has 0 amide bonds. The zero-order valence-corrected chi connectivity index (χ0v) is 22.5. The average molecular weight is 556 g/mol. The summed E-state index contributed by atoms with van der Waals surface area (Å²) in [5, 5.41) is 13.2. The van der Waals surface area contributed by atoms with Gasteiger partial charge in [0.2, 0.25) is 16.9 Å². The van der Waals surface area contributed by atoms with E-state index in [0.29, 0.717) is 61.9 Å². The van der Waals surface area contributed by atoms with Crippen LogP contribution < -0.4 is 20.4 Å². The van der Waals surface area contributed by atoms with Crippen LogP contribution in [0, 0.1) is 12.9 Å². The fourth-order valence-electron chi connectivity index (χ4n) is 5.06. The lowest BCUT2D eigenvalue weighted by Gasteiger charge is -2.37. The molecule has 0 spiro atoms. The first-order chi connectivity index (χ1) is 19.3. The second kappa shape index (κ2) is 9.69. The molecule has 2 aliphatic rings. The van der Waals surface area contributed by atoms with E-state index in [1.54, 1.807) is 38.3 Å². The molecular formula is C29H22FN5O4S. The highest BCUT2D eigenvalue weighted by Gasteiger charge is 2.42. The van der Waals surface area contributed by atoms with Crippen LogP contribution in [0.2, 0.25) is 0 Å². The van der Waals surface area contributed by atoms with E-state index < -0.39 is 17.5 Å². The number of halogens is 1. The smallest absolute Gasteiger partial charge is 0.344 e. The molecule has 0 fully saturated rings. The van der Waals surface area contributed by atoms with Crippen molar-refractivity contribution in [3.8, 4) is 22.6 Å². The molecule has 200 valence electrons. The Morgan fingerprint density at radius 3 is 2.77 bits per heavy atom. The Hall–Kier alpha value is -4.90. The lowest BCUT2D eigenvalue weighted by molar-refractivity contribution is 0.344. The molecular weight excluding hydrogens is 533 g/mol. The lowest BCUT2D eigenvalue weighted by atomic mass is 9.80. The third-order valence-electron chi connectivity index (χ3n) is 6.87. The first-order valence-electron chi connectivity index (χ1n) is 12.2. The third-order valence-corrected chi connectivity index (χ3v) is 7.14. The number of allylic oxidation sites excluding steroid dienone is 1. The Labute approximate surface area is 233 Å². The van der Waals surface area contributed by atoms with Gasteiger partial charge in [-0.25, -0.2) is 9.78 Å². The normalized spacial score (nSPS) is 16.6. The topological polar surface area (TPSA) is 102 Å². The predicted molar refractivity (Wildman–Crippen MR) is 150 cm³/mol. The van der Waals surface area contributed by atoms with Gasteiger partial charge in [-0.2, -0.15) is 14.5 Å². The van der Waals surface area contributed by atoms with Gasteiger partial charge in [0.1, 0.15) is 11.3 Å². The molecule has 4 aromatic rings. The summed E-state index contributed by atoms with van der Waals surface area (Å²) in [4.78, 5) is 17.5. The minimum Gasteiger partial charge on any atom is -0.496 e. The number of thiocarbonyl (C=S) groups is 1. The zero-order valence-electron chi connectivity index (χ0n) is 21.7. The van der Waals surface area contributed by atoms with E-state index in [1.165, 1.54) is 18.3 Å². The molecule has 1 atom stereocenters. The van der Waals surface area contributed by atoms with Gasteiger partial charge in [0.25, 0.3) is 0 Å². The minimum atomic E-state index is -0.712. The van der Waals surface area contributed by atoms with Crippen LogP contribution in [0.3, 0.4) is 0 Å². The number of hydrogen-bond donors (Lipinski definition) is 1. The van der Waals surface area contributed by atoms with Crippen LogP contribution in [-0.2, 0) is 0 Å². The van der Waals surface area contributed by atoms with Gasteiger partial charge in [0.05, 0.1) is 42.3 Å². The van der Waals surface area contributed by atoms with Gasteiger partial charge in [-0.3, -0.25) is 0 Å². The van der Waals surface area contributed by atoms with Crippen LogP contribution in [0.15, 0.2) is 98.0 Å². The van der Waals surface area contributed by atoms with Gasteiger partial charge in [-0.15, -0.1) is 0 Å². The van der Waals surface area contributed by atoms with E-state index in [4.69, 9.17) is 26.1 Å². The van der Waals surface area contributed by atoms with Crippen LogP contribution in [-0.4, -0.2) is 29.3 Å². The minimum absolute atomic E-state index is 0.215. The standard InChI is InChI=1S/C29H22FN5O4S/c1-14-11-17(13-32-26(14)30)19-12-16(9-10-20(19)37-4)23-22-15(2)35(34-31-3)29(40)33-27(22)39-25-18-7-5-6-8-21(18)38-28(36)24(23)25/h5-13,23H,2H2,1,3-4H3,(H,33,40). The van der Waals surface area contributed by atoms with Gasteiger partial charge in [-0.1, -0.05) is 30.0 Å². The zero-order chi connectivity index (χ0) is 28.1. The van der Waals surface area contributed by atoms with Crippen LogP contribution >= 0.6 is 12.2 Å². The number of nitrogens with one attached hydrogen (secondary N) is 1. The number of aromatic nitrogens is 1. The highest BCUT2D eigenvalue weighted by molar-refractivity contribution is 7.80. The van der Waals surface area contributed by atoms with Crippen molar-refractivity contribution in [1.82, 2.24) is 15.3 Å². The largest absolute Gasteiger partial charge is 0.496 e. The molecule has 40 heavy (non-hydrogen) atoms. The number of aryl methyl sites for hydroxylation is 1. The maximum absolute atomic E-state index is 14.0. The fourth-order valence-corrected chi connectivity index (χ4v) is 5.30. The summed E-state index contributed by atoms with van der Waals surface area (Å²) >= 11 is 5.51. The molecule has 0 saturated heterocycles. The molecule has 2 aromatic heterocycles. The Bertz CT molecular complexity index is 1870. The Morgan fingerprint density at radius 1 is 1.23 bits per heavy atom. The number of para-hydroxylation sites is 1. The van der Waals surface area contributed by atoms with Crippen molar-refractivity contribution in [2.24, 2.45) is 10.3 Å². The number of nitrogens with zero attached hydrogens (tertiary/aromatic N) is 4. The SMILES string of the molecule is C=C1C2=C(NC(=S)N1N=NC)Oc1c(c(=O)oc3ccccc13)C2c1ccc(OC)c(-c2cnc(F)c(C)c2)c1. The van der Waals surface area contributed by atoms with Gasteiger partial charge < -0.3 is 19.2 Å². The summed E-state index contributed by atoms with van der Waals surface area (Å²) in [5.74, 6) is -0.0474. The van der Waals surface area contributed by atoms with Crippen molar-refractivity contribution in [1.29, 1.82) is 0 Å². The van der Waals surface area contributed by atoms with E-state index in [1.807, 2.05) is 24.3 Å². The van der Waals surface area contributed by atoms with E-state index in [2.05, 4.69) is 27.2 Å². The van der Waals surface area contributed by atoms with E-state index in [9.17, 15) is 9.18 Å². The summed E-state index contributed by atoms with van der Waals surface area (Å²) in [6.07, 6.45) is 1.44. The number of benzene rings is 2. The molecule has 2 aromatic carbocycles. The van der Waals surface area contributed by atoms with Crippen LogP contribution in [0.5, 0.6) is 11.5 Å². The molecule has 9 nitrogen and oxygen atoms in total. The molecule has 6 rings (SSSR count). The van der Waals surface area contributed by atoms with Gasteiger partial charge >= 0.3 is 5.63 Å². The first kappa shape index (κ1) is 25.4. The summed E-state index contributed by atoms with van der Waals surface area (Å²) in [6, 6.07) is 14.3. The van der Waals surface area contributed by atoms with Gasteiger partial charge in [-0.05, 0) is 55.0 Å². The van der Waals surface area contributed by atoms with E-state index in [0.717, 1.165) is 0 Å². The monoisotopic (exact) mass is 555 g/mol. The van der Waals surface area contributed by atoms with Crippen LogP contribution in [0.1, 0.15) is 22.6 Å². The molecule has 0 aliphatic carbocycles. The quantitative estimate of drug-likeness (QED) is 0.147. The molecule has 1 N–H and O–H groups in total. The Balaban J connectivity index is 1.65. The third kappa shape index (κ3) is 3.93. The Morgan fingerprint density at radius 2 is 2.02 bits per heavy atom. The van der Waals surface area contributed by atoms with E-state index >= 15 is 0 Å². The summed E-state index contributed by atoms with van der Waals surface area (Å²) in [5.41, 5.74) is 3.40. The second-order valence-corrected chi connectivity index (χ2v) is 9.56. The van der Waals surface area contributed by atoms with Crippen molar-refractivity contribution in [2.75, 3.05) is 14.2 Å². The number of hydrogen-bond acceptors (Lipinski definition) is 8. The summed E-state index contributed by atoms with van der Waals surface area (Å²) in [6.45, 7) is 5.86. The molecule has 0 bridgehead atoms. The van der Waals surface area contributed by atoms with Crippen molar-refractivity contribution >= 4 is 28.3 Å². The summed E-state index contributed by atoms with van der Waals surface area (Å²) in [7, 11) is 3.06. The Kier molecular flexibility index (Phi) is 6.15. The van der Waals surface area contributed by atoms with Crippen molar-refractivity contribution in [2.45, 2.75) is 12.8 Å². The van der Waals surface area contributed by atoms with Gasteiger partial charge in [0.15, 0.2) is 5.75 Å². The van der Waals surface area contributed by atoms with Crippen molar-refractivity contribution in [3.63, 3.8) is 0 Å². The molecule has 4 heterocycles. The maximum atomic E-state index is 14.0. The number of ether oxygens (including phenoxy) is 2. The molecule has 1 unspecified atom stereocenters. The van der Waals surface area contributed by atoms with E-state index in [-0.39, 0.29) is 10.7 Å². The van der Waals surface area contributed by atoms with Crippen molar-refractivity contribution < 1.29 is 18.3 Å². The van der Waals surface area contributed by atoms with Crippen molar-refractivity contribution in [3.05, 3.63) is 112 Å². The summed E-state index contributed by atoms with van der Waals surface area (Å²) < 4.78 is 31.7. The fraction of sp³-hybridized carbons (Fsp3) is 0.138. The predicted octanol–water partition coefficient (Wildman–Crippen LogP) is 5.75. The number of rotatable bonds is 4. The molecule has 11 heteroatoms. The maximum Gasteiger partial charge on any atom is 0.344 e. The lowest BCUT2D eigenvalue weighted by Crippen LogP contribution is -2.45.